The van der Waals surface area contributed by atoms with Gasteiger partial charge in [0, 0.05) is 6.54 Å². The van der Waals surface area contributed by atoms with E-state index in [2.05, 4.69) is 9.97 Å². The van der Waals surface area contributed by atoms with Crippen molar-refractivity contribution >= 4 is 11.0 Å². The second-order valence-corrected chi connectivity index (χ2v) is 3.99. The third kappa shape index (κ3) is 1.54. The van der Waals surface area contributed by atoms with E-state index in [0.29, 0.717) is 6.54 Å². The number of H-pyrrole nitrogens is 1. The van der Waals surface area contributed by atoms with Crippen LogP contribution in [0.4, 0.5) is 0 Å². The zero-order chi connectivity index (χ0) is 11.8. The first kappa shape index (κ1) is 10.1. The Kier molecular flexibility index (Phi) is 2.23. The van der Waals surface area contributed by atoms with Gasteiger partial charge in [0.15, 0.2) is 0 Å². The van der Waals surface area contributed by atoms with Crippen LogP contribution in [0.5, 0.6) is 0 Å². The highest BCUT2D eigenvalue weighted by molar-refractivity contribution is 5.82. The number of benzene rings is 1. The minimum Gasteiger partial charge on any atom is -0.469 e. The smallest absolute Gasteiger partial charge is 0.142 e. The van der Waals surface area contributed by atoms with Gasteiger partial charge in [0.2, 0.25) is 0 Å². The third-order valence-corrected chi connectivity index (χ3v) is 2.93. The van der Waals surface area contributed by atoms with E-state index in [1.807, 2.05) is 31.2 Å². The van der Waals surface area contributed by atoms with E-state index >= 15 is 0 Å². The lowest BCUT2D eigenvalue weighted by atomic mass is 10.2. The molecule has 0 amide bonds. The van der Waals surface area contributed by atoms with Crippen molar-refractivity contribution in [3.8, 4) is 11.4 Å². The minimum absolute atomic E-state index is 0.492. The van der Waals surface area contributed by atoms with Crippen LogP contribution in [0.15, 0.2) is 34.9 Å². The molecule has 2 heterocycles. The maximum absolute atomic E-state index is 5.70. The Balaban J connectivity index is 2.24. The molecule has 0 atom stereocenters. The molecular weight excluding hydrogens is 214 g/mol. The second kappa shape index (κ2) is 3.75. The summed E-state index contributed by atoms with van der Waals surface area (Å²) in [6, 6.07) is 7.89. The number of aromatic amines is 1. The maximum atomic E-state index is 5.70. The van der Waals surface area contributed by atoms with E-state index in [-0.39, 0.29) is 0 Å². The van der Waals surface area contributed by atoms with Gasteiger partial charge in [0.1, 0.15) is 11.6 Å². The van der Waals surface area contributed by atoms with Gasteiger partial charge in [0.05, 0.1) is 22.9 Å². The molecule has 2 aromatic heterocycles. The number of hydrogen-bond acceptors (Lipinski definition) is 3. The Labute approximate surface area is 98.5 Å². The predicted octanol–water partition coefficient (Wildman–Crippen LogP) is 2.59. The zero-order valence-electron chi connectivity index (χ0n) is 9.53. The predicted molar refractivity (Wildman–Crippen MR) is 66.4 cm³/mol. The molecule has 3 N–H and O–H groups in total. The highest BCUT2D eigenvalue weighted by atomic mass is 16.3. The number of imidazole rings is 1. The SMILES string of the molecule is Cc1occc1-c1nc2c(CN)cccc2[nH]1. The molecule has 17 heavy (non-hydrogen) atoms. The van der Waals surface area contributed by atoms with Gasteiger partial charge in [-0.2, -0.15) is 0 Å². The number of nitrogens with two attached hydrogens (primary N) is 1. The average molecular weight is 227 g/mol. The molecule has 0 bridgehead atoms. The van der Waals surface area contributed by atoms with Crippen molar-refractivity contribution in [2.75, 3.05) is 0 Å². The van der Waals surface area contributed by atoms with Crippen molar-refractivity contribution in [1.82, 2.24) is 9.97 Å². The van der Waals surface area contributed by atoms with Crippen molar-refractivity contribution in [2.45, 2.75) is 13.5 Å². The molecule has 0 spiro atoms. The Bertz CT molecular complexity index is 666. The van der Waals surface area contributed by atoms with Crippen LogP contribution in [0.3, 0.4) is 0 Å². The summed E-state index contributed by atoms with van der Waals surface area (Å²) in [5, 5.41) is 0. The number of rotatable bonds is 2. The second-order valence-electron chi connectivity index (χ2n) is 3.99. The fourth-order valence-corrected chi connectivity index (χ4v) is 2.01. The lowest BCUT2D eigenvalue weighted by Gasteiger charge is -1.95. The summed E-state index contributed by atoms with van der Waals surface area (Å²) < 4.78 is 5.29. The maximum Gasteiger partial charge on any atom is 0.142 e. The largest absolute Gasteiger partial charge is 0.469 e. The molecule has 0 unspecified atom stereocenters. The molecule has 86 valence electrons. The van der Waals surface area contributed by atoms with E-state index in [1.54, 1.807) is 6.26 Å². The molecule has 3 rings (SSSR count). The molecule has 0 aliphatic rings. The van der Waals surface area contributed by atoms with Gasteiger partial charge in [-0.3, -0.25) is 0 Å². The third-order valence-electron chi connectivity index (χ3n) is 2.93. The number of fused-ring (bicyclic) bond motifs is 1. The normalized spacial score (nSPS) is 11.2. The van der Waals surface area contributed by atoms with Gasteiger partial charge in [-0.15, -0.1) is 0 Å². The fraction of sp³-hybridized carbons (Fsp3) is 0.154. The summed E-state index contributed by atoms with van der Waals surface area (Å²) in [6.07, 6.45) is 1.67. The van der Waals surface area contributed by atoms with Gasteiger partial charge in [0.25, 0.3) is 0 Å². The highest BCUT2D eigenvalue weighted by Gasteiger charge is 2.11. The van der Waals surface area contributed by atoms with Crippen LogP contribution in [0.25, 0.3) is 22.4 Å². The summed E-state index contributed by atoms with van der Waals surface area (Å²) >= 11 is 0. The van der Waals surface area contributed by atoms with Gasteiger partial charge in [-0.25, -0.2) is 4.98 Å². The molecule has 0 aliphatic heterocycles. The summed E-state index contributed by atoms with van der Waals surface area (Å²) in [6.45, 7) is 2.42. The van der Waals surface area contributed by atoms with Crippen LogP contribution in [0.1, 0.15) is 11.3 Å². The molecule has 0 fully saturated rings. The molecular formula is C13H13N3O. The van der Waals surface area contributed by atoms with Crippen LogP contribution in [-0.4, -0.2) is 9.97 Å². The first-order valence-electron chi connectivity index (χ1n) is 5.51. The number of furan rings is 1. The Morgan fingerprint density at radius 3 is 2.94 bits per heavy atom. The quantitative estimate of drug-likeness (QED) is 0.707. The monoisotopic (exact) mass is 227 g/mol. The van der Waals surface area contributed by atoms with Crippen molar-refractivity contribution in [2.24, 2.45) is 5.73 Å². The average Bonchev–Trinajstić information content (AvgIpc) is 2.93. The van der Waals surface area contributed by atoms with Crippen LogP contribution in [0, 0.1) is 6.92 Å². The topological polar surface area (TPSA) is 67.8 Å². The van der Waals surface area contributed by atoms with E-state index in [9.17, 15) is 0 Å². The molecule has 4 heteroatoms. The standard InChI is InChI=1S/C13H13N3O/c1-8-10(5-6-17-8)13-15-11-4-2-3-9(7-14)12(11)16-13/h2-6H,7,14H2,1H3,(H,15,16). The highest BCUT2D eigenvalue weighted by Crippen LogP contribution is 2.25. The van der Waals surface area contributed by atoms with E-state index in [1.165, 1.54) is 0 Å². The fourth-order valence-electron chi connectivity index (χ4n) is 2.01. The van der Waals surface area contributed by atoms with Gasteiger partial charge in [-0.1, -0.05) is 12.1 Å². The van der Waals surface area contributed by atoms with Crippen LogP contribution >= 0.6 is 0 Å². The molecule has 0 saturated heterocycles. The van der Waals surface area contributed by atoms with Gasteiger partial charge >= 0.3 is 0 Å². The van der Waals surface area contributed by atoms with Gasteiger partial charge in [-0.05, 0) is 24.6 Å². The Morgan fingerprint density at radius 1 is 1.35 bits per heavy atom. The summed E-state index contributed by atoms with van der Waals surface area (Å²) in [5.74, 6) is 1.69. The van der Waals surface area contributed by atoms with Gasteiger partial charge < -0.3 is 15.1 Å². The lowest BCUT2D eigenvalue weighted by Crippen LogP contribution is -1.96. The lowest BCUT2D eigenvalue weighted by molar-refractivity contribution is 0.535. The number of aromatic nitrogens is 2. The number of para-hydroxylation sites is 1. The molecule has 0 radical (unpaired) electrons. The number of hydrogen-bond donors (Lipinski definition) is 2. The summed E-state index contributed by atoms with van der Waals surface area (Å²) in [4.78, 5) is 7.88. The minimum atomic E-state index is 0.492. The number of nitrogens with zero attached hydrogens (tertiary/aromatic N) is 1. The Hall–Kier alpha value is -2.07. The van der Waals surface area contributed by atoms with Crippen molar-refractivity contribution in [3.05, 3.63) is 41.9 Å². The molecule has 3 aromatic rings. The van der Waals surface area contributed by atoms with Crippen LogP contribution in [0.2, 0.25) is 0 Å². The van der Waals surface area contributed by atoms with Crippen LogP contribution in [-0.2, 0) is 6.54 Å². The number of aryl methyl sites for hydroxylation is 1. The Morgan fingerprint density at radius 2 is 2.24 bits per heavy atom. The van der Waals surface area contributed by atoms with Crippen LogP contribution < -0.4 is 5.73 Å². The van der Waals surface area contributed by atoms with Crippen molar-refractivity contribution < 1.29 is 4.42 Å². The zero-order valence-corrected chi connectivity index (χ0v) is 9.53. The van der Waals surface area contributed by atoms with Crippen molar-refractivity contribution in [1.29, 1.82) is 0 Å². The van der Waals surface area contributed by atoms with E-state index in [0.717, 1.165) is 33.7 Å². The molecule has 0 aliphatic carbocycles. The first-order valence-corrected chi connectivity index (χ1v) is 5.51. The van der Waals surface area contributed by atoms with E-state index < -0.39 is 0 Å². The first-order chi connectivity index (χ1) is 8.29. The van der Waals surface area contributed by atoms with Crippen molar-refractivity contribution in [3.63, 3.8) is 0 Å². The summed E-state index contributed by atoms with van der Waals surface area (Å²) in [5.41, 5.74) is 9.68. The van der Waals surface area contributed by atoms with E-state index in [4.69, 9.17) is 10.2 Å². The summed E-state index contributed by atoms with van der Waals surface area (Å²) in [7, 11) is 0. The molecule has 0 saturated carbocycles. The molecule has 1 aromatic carbocycles. The molecule has 4 nitrogen and oxygen atoms in total. The number of nitrogens with one attached hydrogen (secondary N) is 1.